The largest absolute Gasteiger partial charge is 0.338 e. The fourth-order valence-corrected chi connectivity index (χ4v) is 2.33. The Bertz CT molecular complexity index is 584. The molecule has 2 aromatic carbocycles. The average molecular weight is 314 g/mol. The number of unbranched alkanes of at least 4 members (excludes halogenated alkanes) is 1. The van der Waals surface area contributed by atoms with E-state index in [0.29, 0.717) is 19.5 Å². The van der Waals surface area contributed by atoms with Crippen LogP contribution >= 0.6 is 0 Å². The van der Waals surface area contributed by atoms with Crippen LogP contribution in [0.5, 0.6) is 0 Å². The number of hydrogen-bond donors (Lipinski definition) is 2. The number of carbonyl (C=O) groups is 1. The molecule has 0 heterocycles. The third-order valence-corrected chi connectivity index (χ3v) is 3.63. The standard InChI is InChI=1S/C19H23FN2O/c20-18-11-9-17(10-12-18)13-15-22-19(23)21-14-5-4-8-16-6-2-1-3-7-16/h1-3,6-7,9-12H,4-5,8,13-15H2,(H2,21,22,23). The predicted molar refractivity (Wildman–Crippen MR) is 90.9 cm³/mol. The highest BCUT2D eigenvalue weighted by molar-refractivity contribution is 5.73. The number of urea groups is 1. The maximum absolute atomic E-state index is 12.8. The van der Waals surface area contributed by atoms with Crippen molar-refractivity contribution in [2.75, 3.05) is 13.1 Å². The summed E-state index contributed by atoms with van der Waals surface area (Å²) in [6.07, 6.45) is 3.75. The van der Waals surface area contributed by atoms with E-state index < -0.39 is 0 Å². The number of rotatable bonds is 8. The van der Waals surface area contributed by atoms with E-state index in [1.54, 1.807) is 12.1 Å². The van der Waals surface area contributed by atoms with Crippen LogP contribution in [0.3, 0.4) is 0 Å². The highest BCUT2D eigenvalue weighted by Crippen LogP contribution is 2.04. The number of carbonyl (C=O) groups excluding carboxylic acids is 1. The zero-order valence-corrected chi connectivity index (χ0v) is 13.2. The molecule has 0 saturated carbocycles. The first-order valence-electron chi connectivity index (χ1n) is 8.04. The van der Waals surface area contributed by atoms with Gasteiger partial charge in [0.1, 0.15) is 5.82 Å². The maximum Gasteiger partial charge on any atom is 0.314 e. The second-order valence-electron chi connectivity index (χ2n) is 5.50. The van der Waals surface area contributed by atoms with Crippen LogP contribution in [0.2, 0.25) is 0 Å². The topological polar surface area (TPSA) is 41.1 Å². The zero-order chi connectivity index (χ0) is 16.3. The van der Waals surface area contributed by atoms with Crippen LogP contribution in [0.25, 0.3) is 0 Å². The number of aryl methyl sites for hydroxylation is 1. The number of amides is 2. The molecule has 0 aliphatic carbocycles. The Morgan fingerprint density at radius 3 is 2.17 bits per heavy atom. The van der Waals surface area contributed by atoms with Gasteiger partial charge in [-0.2, -0.15) is 0 Å². The van der Waals surface area contributed by atoms with Gasteiger partial charge >= 0.3 is 6.03 Å². The lowest BCUT2D eigenvalue weighted by Crippen LogP contribution is -2.37. The normalized spacial score (nSPS) is 10.3. The molecular weight excluding hydrogens is 291 g/mol. The third kappa shape index (κ3) is 6.96. The van der Waals surface area contributed by atoms with Crippen LogP contribution in [0.1, 0.15) is 24.0 Å². The summed E-state index contributed by atoms with van der Waals surface area (Å²) >= 11 is 0. The number of hydrogen-bond acceptors (Lipinski definition) is 1. The van der Waals surface area contributed by atoms with Crippen LogP contribution in [0.4, 0.5) is 9.18 Å². The molecule has 2 amide bonds. The Balaban J connectivity index is 1.51. The first-order valence-corrected chi connectivity index (χ1v) is 8.04. The van der Waals surface area contributed by atoms with Crippen LogP contribution < -0.4 is 10.6 Å². The van der Waals surface area contributed by atoms with E-state index in [1.807, 2.05) is 18.2 Å². The summed E-state index contributed by atoms with van der Waals surface area (Å²) in [5, 5.41) is 5.66. The molecule has 122 valence electrons. The van der Waals surface area contributed by atoms with Gasteiger partial charge in [0.05, 0.1) is 0 Å². The molecular formula is C19H23FN2O. The van der Waals surface area contributed by atoms with Crippen LogP contribution in [0.15, 0.2) is 54.6 Å². The molecule has 0 atom stereocenters. The lowest BCUT2D eigenvalue weighted by molar-refractivity contribution is 0.241. The van der Waals surface area contributed by atoms with Crippen molar-refractivity contribution in [1.82, 2.24) is 10.6 Å². The molecule has 4 heteroatoms. The van der Waals surface area contributed by atoms with Gasteiger partial charge in [0.2, 0.25) is 0 Å². The van der Waals surface area contributed by atoms with Crippen molar-refractivity contribution in [3.05, 3.63) is 71.5 Å². The van der Waals surface area contributed by atoms with Crippen molar-refractivity contribution in [3.63, 3.8) is 0 Å². The van der Waals surface area contributed by atoms with Crippen molar-refractivity contribution in [1.29, 1.82) is 0 Å². The molecule has 0 aliphatic rings. The molecule has 23 heavy (non-hydrogen) atoms. The summed E-state index contributed by atoms with van der Waals surface area (Å²) in [6, 6.07) is 16.5. The summed E-state index contributed by atoms with van der Waals surface area (Å²) in [6.45, 7) is 1.22. The Morgan fingerprint density at radius 1 is 0.783 bits per heavy atom. The van der Waals surface area contributed by atoms with Gasteiger partial charge in [0.25, 0.3) is 0 Å². The van der Waals surface area contributed by atoms with E-state index in [0.717, 1.165) is 24.8 Å². The van der Waals surface area contributed by atoms with E-state index in [9.17, 15) is 9.18 Å². The lowest BCUT2D eigenvalue weighted by atomic mass is 10.1. The fourth-order valence-electron chi connectivity index (χ4n) is 2.33. The summed E-state index contributed by atoms with van der Waals surface area (Å²) in [7, 11) is 0. The predicted octanol–water partition coefficient (Wildman–Crippen LogP) is 3.69. The van der Waals surface area contributed by atoms with E-state index >= 15 is 0 Å². The zero-order valence-electron chi connectivity index (χ0n) is 13.2. The van der Waals surface area contributed by atoms with E-state index in [4.69, 9.17) is 0 Å². The first kappa shape index (κ1) is 17.0. The molecule has 0 saturated heterocycles. The highest BCUT2D eigenvalue weighted by atomic mass is 19.1. The summed E-state index contributed by atoms with van der Waals surface area (Å²) in [5.74, 6) is -0.241. The minimum absolute atomic E-state index is 0.146. The summed E-state index contributed by atoms with van der Waals surface area (Å²) in [5.41, 5.74) is 2.34. The van der Waals surface area contributed by atoms with Gasteiger partial charge in [-0.05, 0) is 48.9 Å². The Kier molecular flexibility index (Phi) is 7.11. The lowest BCUT2D eigenvalue weighted by Gasteiger charge is -2.08. The summed E-state index contributed by atoms with van der Waals surface area (Å²) < 4.78 is 12.8. The quantitative estimate of drug-likeness (QED) is 0.717. The monoisotopic (exact) mass is 314 g/mol. The molecule has 0 aliphatic heterocycles. The second-order valence-corrected chi connectivity index (χ2v) is 5.50. The maximum atomic E-state index is 12.8. The molecule has 0 radical (unpaired) electrons. The van der Waals surface area contributed by atoms with Gasteiger partial charge in [-0.1, -0.05) is 42.5 Å². The van der Waals surface area contributed by atoms with Gasteiger partial charge in [0, 0.05) is 13.1 Å². The van der Waals surface area contributed by atoms with Crippen molar-refractivity contribution in [2.24, 2.45) is 0 Å². The molecule has 0 unspecified atom stereocenters. The number of halogens is 1. The van der Waals surface area contributed by atoms with Crippen molar-refractivity contribution < 1.29 is 9.18 Å². The minimum atomic E-state index is -0.241. The van der Waals surface area contributed by atoms with Crippen molar-refractivity contribution in [2.45, 2.75) is 25.7 Å². The molecule has 3 nitrogen and oxygen atoms in total. The first-order chi connectivity index (χ1) is 11.2. The molecule has 0 fully saturated rings. The van der Waals surface area contributed by atoms with Crippen molar-refractivity contribution >= 4 is 6.03 Å². The average Bonchev–Trinajstić information content (AvgIpc) is 2.57. The minimum Gasteiger partial charge on any atom is -0.338 e. The number of nitrogens with one attached hydrogen (secondary N) is 2. The number of benzene rings is 2. The molecule has 0 spiro atoms. The van der Waals surface area contributed by atoms with Crippen LogP contribution in [-0.2, 0) is 12.8 Å². The molecule has 2 rings (SSSR count). The fraction of sp³-hybridized carbons (Fsp3) is 0.316. The second kappa shape index (κ2) is 9.62. The smallest absolute Gasteiger partial charge is 0.314 e. The van der Waals surface area contributed by atoms with Gasteiger partial charge in [-0.3, -0.25) is 0 Å². The molecule has 2 aromatic rings. The molecule has 0 aromatic heterocycles. The van der Waals surface area contributed by atoms with Crippen molar-refractivity contribution in [3.8, 4) is 0 Å². The molecule has 0 bridgehead atoms. The highest BCUT2D eigenvalue weighted by Gasteiger charge is 2.00. The van der Waals surface area contributed by atoms with Gasteiger partial charge in [-0.25, -0.2) is 9.18 Å². The van der Waals surface area contributed by atoms with E-state index in [1.165, 1.54) is 17.7 Å². The van der Waals surface area contributed by atoms with Gasteiger partial charge in [0.15, 0.2) is 0 Å². The SMILES string of the molecule is O=C(NCCCCc1ccccc1)NCCc1ccc(F)cc1. The Labute approximate surface area is 136 Å². The van der Waals surface area contributed by atoms with E-state index in [-0.39, 0.29) is 11.8 Å². The van der Waals surface area contributed by atoms with E-state index in [2.05, 4.69) is 22.8 Å². The Morgan fingerprint density at radius 2 is 1.43 bits per heavy atom. The Hall–Kier alpha value is -2.36. The summed E-state index contributed by atoms with van der Waals surface area (Å²) in [4.78, 5) is 11.6. The third-order valence-electron chi connectivity index (χ3n) is 3.63. The van der Waals surface area contributed by atoms with Crippen LogP contribution in [-0.4, -0.2) is 19.1 Å². The van der Waals surface area contributed by atoms with Gasteiger partial charge in [-0.15, -0.1) is 0 Å². The molecule has 2 N–H and O–H groups in total. The van der Waals surface area contributed by atoms with Gasteiger partial charge < -0.3 is 10.6 Å². The van der Waals surface area contributed by atoms with Crippen LogP contribution in [0, 0.1) is 5.82 Å².